The van der Waals surface area contributed by atoms with Crippen LogP contribution in [0.25, 0.3) is 10.9 Å². The summed E-state index contributed by atoms with van der Waals surface area (Å²) >= 11 is 0. The number of ether oxygens (including phenoxy) is 2. The summed E-state index contributed by atoms with van der Waals surface area (Å²) in [5, 5.41) is 0.987. The first kappa shape index (κ1) is 21.8. The summed E-state index contributed by atoms with van der Waals surface area (Å²) in [6.07, 6.45) is 6.29. The van der Waals surface area contributed by atoms with E-state index in [2.05, 4.69) is 9.17 Å². The van der Waals surface area contributed by atoms with E-state index in [1.165, 1.54) is 6.26 Å². The van der Waals surface area contributed by atoms with E-state index in [1.807, 2.05) is 30.3 Å². The number of fused-ring (bicyclic) bond motifs is 1. The molecule has 0 aliphatic carbocycles. The Morgan fingerprint density at radius 3 is 2.47 bits per heavy atom. The highest BCUT2D eigenvalue weighted by Gasteiger charge is 2.08. The lowest BCUT2D eigenvalue weighted by molar-refractivity contribution is 0.256. The minimum Gasteiger partial charge on any atom is -0.493 e. The van der Waals surface area contributed by atoms with Crippen LogP contribution >= 0.6 is 0 Å². The minimum atomic E-state index is -3.61. The second-order valence-corrected chi connectivity index (χ2v) is 8.27. The van der Waals surface area contributed by atoms with Gasteiger partial charge < -0.3 is 13.9 Å². The quantitative estimate of drug-likeness (QED) is 0.335. The van der Waals surface area contributed by atoms with Crippen LogP contribution in [-0.4, -0.2) is 32.9 Å². The average Bonchev–Trinajstić information content (AvgIpc) is 2.72. The lowest BCUT2D eigenvalue weighted by Gasteiger charge is -2.09. The SMILES string of the molecule is CS(=O)(=O)OCc1cc(=O)c(OCCCCCOc2ccnc3ccccc23)co1. The molecule has 0 bridgehead atoms. The molecule has 0 aliphatic heterocycles. The molecule has 0 saturated heterocycles. The van der Waals surface area contributed by atoms with Gasteiger partial charge in [0.05, 0.1) is 25.0 Å². The molecular weight excluding hydrogens is 410 g/mol. The Hall–Kier alpha value is -2.91. The third-order valence-electron chi connectivity index (χ3n) is 4.18. The molecule has 30 heavy (non-hydrogen) atoms. The lowest BCUT2D eigenvalue weighted by atomic mass is 10.2. The molecule has 9 heteroatoms. The van der Waals surface area contributed by atoms with Crippen molar-refractivity contribution in [3.8, 4) is 11.5 Å². The number of aromatic nitrogens is 1. The fourth-order valence-corrected chi connectivity index (χ4v) is 3.06. The molecule has 0 amide bonds. The number of unbranched alkanes of at least 4 members (excludes halogenated alkanes) is 2. The van der Waals surface area contributed by atoms with Crippen LogP contribution in [0.2, 0.25) is 0 Å². The van der Waals surface area contributed by atoms with Crippen molar-refractivity contribution >= 4 is 21.0 Å². The van der Waals surface area contributed by atoms with Gasteiger partial charge in [0, 0.05) is 17.6 Å². The van der Waals surface area contributed by atoms with Gasteiger partial charge in [-0.15, -0.1) is 0 Å². The van der Waals surface area contributed by atoms with Crippen molar-refractivity contribution in [3.05, 3.63) is 64.8 Å². The average molecular weight is 433 g/mol. The first-order valence-electron chi connectivity index (χ1n) is 9.48. The summed E-state index contributed by atoms with van der Waals surface area (Å²) in [5.41, 5.74) is 0.511. The molecule has 0 radical (unpaired) electrons. The van der Waals surface area contributed by atoms with Gasteiger partial charge in [-0.05, 0) is 37.5 Å². The summed E-state index contributed by atoms with van der Waals surface area (Å²) in [4.78, 5) is 16.3. The zero-order valence-corrected chi connectivity index (χ0v) is 17.4. The first-order valence-corrected chi connectivity index (χ1v) is 11.3. The molecule has 0 N–H and O–H groups in total. The van der Waals surface area contributed by atoms with Crippen molar-refractivity contribution in [3.63, 3.8) is 0 Å². The summed E-state index contributed by atoms with van der Waals surface area (Å²) in [6, 6.07) is 10.8. The van der Waals surface area contributed by atoms with Crippen LogP contribution in [0, 0.1) is 0 Å². The molecule has 3 rings (SSSR count). The highest BCUT2D eigenvalue weighted by atomic mass is 32.2. The number of hydrogen-bond donors (Lipinski definition) is 0. The van der Waals surface area contributed by atoms with E-state index < -0.39 is 10.1 Å². The lowest BCUT2D eigenvalue weighted by Crippen LogP contribution is -2.10. The molecule has 2 aromatic heterocycles. The summed E-state index contributed by atoms with van der Waals surface area (Å²) in [6.45, 7) is 0.606. The van der Waals surface area contributed by atoms with Crippen LogP contribution in [0.4, 0.5) is 0 Å². The normalized spacial score (nSPS) is 11.5. The van der Waals surface area contributed by atoms with E-state index in [-0.39, 0.29) is 23.5 Å². The Bertz CT molecular complexity index is 1140. The van der Waals surface area contributed by atoms with Crippen molar-refractivity contribution in [1.29, 1.82) is 0 Å². The number of rotatable bonds is 11. The third-order valence-corrected chi connectivity index (χ3v) is 4.73. The first-order chi connectivity index (χ1) is 14.4. The van der Waals surface area contributed by atoms with Crippen LogP contribution in [0.1, 0.15) is 25.0 Å². The van der Waals surface area contributed by atoms with E-state index >= 15 is 0 Å². The Labute approximate surface area is 174 Å². The molecule has 0 spiro atoms. The number of pyridine rings is 1. The van der Waals surface area contributed by atoms with E-state index in [9.17, 15) is 13.2 Å². The molecule has 8 nitrogen and oxygen atoms in total. The van der Waals surface area contributed by atoms with Gasteiger partial charge in [0.25, 0.3) is 10.1 Å². The van der Waals surface area contributed by atoms with Crippen molar-refractivity contribution < 1.29 is 26.5 Å². The number of nitrogens with zero attached hydrogens (tertiary/aromatic N) is 1. The number of hydrogen-bond acceptors (Lipinski definition) is 8. The molecular formula is C21H23NO7S. The highest BCUT2D eigenvalue weighted by Crippen LogP contribution is 2.23. The molecule has 0 fully saturated rings. The molecule has 0 aliphatic rings. The molecule has 0 saturated carbocycles. The fourth-order valence-electron chi connectivity index (χ4n) is 2.73. The van der Waals surface area contributed by atoms with Crippen LogP contribution in [-0.2, 0) is 20.9 Å². The Morgan fingerprint density at radius 1 is 1.00 bits per heavy atom. The van der Waals surface area contributed by atoms with Gasteiger partial charge in [-0.25, -0.2) is 0 Å². The smallest absolute Gasteiger partial charge is 0.264 e. The van der Waals surface area contributed by atoms with Crippen molar-refractivity contribution in [2.24, 2.45) is 0 Å². The predicted molar refractivity (Wildman–Crippen MR) is 111 cm³/mol. The second-order valence-electron chi connectivity index (χ2n) is 6.62. The van der Waals surface area contributed by atoms with Crippen LogP contribution in [0.5, 0.6) is 11.5 Å². The molecule has 160 valence electrons. The monoisotopic (exact) mass is 433 g/mol. The molecule has 0 unspecified atom stereocenters. The summed E-state index contributed by atoms with van der Waals surface area (Å²) in [5.74, 6) is 1.01. The zero-order valence-electron chi connectivity index (χ0n) is 16.6. The van der Waals surface area contributed by atoms with Gasteiger partial charge in [-0.3, -0.25) is 14.0 Å². The van der Waals surface area contributed by atoms with E-state index in [4.69, 9.17) is 13.9 Å². The predicted octanol–water partition coefficient (Wildman–Crippen LogP) is 3.29. The summed E-state index contributed by atoms with van der Waals surface area (Å²) in [7, 11) is -3.61. The highest BCUT2D eigenvalue weighted by molar-refractivity contribution is 7.85. The maximum Gasteiger partial charge on any atom is 0.264 e. The van der Waals surface area contributed by atoms with Gasteiger partial charge in [0.1, 0.15) is 24.4 Å². The number of benzene rings is 1. The van der Waals surface area contributed by atoms with Crippen LogP contribution < -0.4 is 14.9 Å². The van der Waals surface area contributed by atoms with Crippen LogP contribution in [0.3, 0.4) is 0 Å². The van der Waals surface area contributed by atoms with E-state index in [0.29, 0.717) is 13.2 Å². The van der Waals surface area contributed by atoms with Gasteiger partial charge >= 0.3 is 0 Å². The topological polar surface area (TPSA) is 105 Å². The van der Waals surface area contributed by atoms with Crippen molar-refractivity contribution in [2.45, 2.75) is 25.9 Å². The van der Waals surface area contributed by atoms with Gasteiger partial charge in [-0.2, -0.15) is 8.42 Å². The maximum absolute atomic E-state index is 12.0. The fraction of sp³-hybridized carbons (Fsp3) is 0.333. The zero-order chi connectivity index (χ0) is 21.4. The molecule has 0 atom stereocenters. The standard InChI is InChI=1S/C21H23NO7S/c1-30(24,25)29-14-16-13-19(23)21(15-28-16)27-12-6-2-5-11-26-20-9-10-22-18-8-4-3-7-17(18)20/h3-4,7-10,13,15H,2,5-6,11-12,14H2,1H3. The van der Waals surface area contributed by atoms with Gasteiger partial charge in [-0.1, -0.05) is 12.1 Å². The Morgan fingerprint density at radius 2 is 1.73 bits per heavy atom. The third kappa shape index (κ3) is 6.57. The molecule has 2 heterocycles. The maximum atomic E-state index is 12.0. The minimum absolute atomic E-state index is 0.0811. The second kappa shape index (κ2) is 10.2. The van der Waals surface area contributed by atoms with Gasteiger partial charge in [0.2, 0.25) is 11.2 Å². The van der Waals surface area contributed by atoms with Crippen LogP contribution in [0.15, 0.2) is 58.1 Å². The van der Waals surface area contributed by atoms with Crippen molar-refractivity contribution in [1.82, 2.24) is 4.98 Å². The summed E-state index contributed by atoms with van der Waals surface area (Å²) < 4.78 is 43.0. The number of para-hydroxylation sites is 1. The Kier molecular flexibility index (Phi) is 7.42. The van der Waals surface area contributed by atoms with Crippen molar-refractivity contribution in [2.75, 3.05) is 19.5 Å². The van der Waals surface area contributed by atoms with Gasteiger partial charge in [0.15, 0.2) is 0 Å². The largest absolute Gasteiger partial charge is 0.493 e. The van der Waals surface area contributed by atoms with E-state index in [1.54, 1.807) is 6.20 Å². The van der Waals surface area contributed by atoms with E-state index in [0.717, 1.165) is 48.2 Å². The molecule has 3 aromatic rings. The molecule has 1 aromatic carbocycles. The Balaban J connectivity index is 1.37.